The molecule has 4 heteroatoms. The van der Waals surface area contributed by atoms with Gasteiger partial charge in [-0.25, -0.2) is 4.79 Å². The summed E-state index contributed by atoms with van der Waals surface area (Å²) < 4.78 is 0. The van der Waals surface area contributed by atoms with Crippen LogP contribution in [-0.2, 0) is 4.79 Å². The second kappa shape index (κ2) is 7.09. The van der Waals surface area contributed by atoms with Gasteiger partial charge in [-0.3, -0.25) is 4.79 Å². The van der Waals surface area contributed by atoms with E-state index in [1.807, 2.05) is 36.4 Å². The van der Waals surface area contributed by atoms with Crippen molar-refractivity contribution in [2.24, 2.45) is 0 Å². The number of benzene rings is 2. The zero-order valence-corrected chi connectivity index (χ0v) is 12.5. The van der Waals surface area contributed by atoms with E-state index < -0.39 is 5.97 Å². The van der Waals surface area contributed by atoms with Gasteiger partial charge < -0.3 is 5.11 Å². The largest absolute Gasteiger partial charge is 0.478 e. The van der Waals surface area contributed by atoms with Gasteiger partial charge in [0.25, 0.3) is 0 Å². The van der Waals surface area contributed by atoms with Crippen LogP contribution in [0.4, 0.5) is 0 Å². The number of allylic oxidation sites excluding steroid dienone is 1. The zero-order chi connectivity index (χ0) is 15.2. The van der Waals surface area contributed by atoms with E-state index in [0.29, 0.717) is 5.56 Å². The van der Waals surface area contributed by atoms with Crippen LogP contribution in [0.2, 0.25) is 0 Å². The molecule has 0 radical (unpaired) electrons. The van der Waals surface area contributed by atoms with Gasteiger partial charge in [0.15, 0.2) is 5.12 Å². The number of carbonyl (C=O) groups excluding carboxylic acids is 1. The van der Waals surface area contributed by atoms with Gasteiger partial charge in [-0.1, -0.05) is 42.1 Å². The minimum absolute atomic E-state index is 0.142. The van der Waals surface area contributed by atoms with E-state index in [1.54, 1.807) is 19.1 Å². The Bertz CT molecular complexity index is 704. The number of carboxylic acids is 1. The average molecular weight is 300 g/mol. The molecule has 0 aliphatic heterocycles. The number of aromatic carboxylic acids is 1. The molecular formula is C17H16O3S. The van der Waals surface area contributed by atoms with Gasteiger partial charge in [-0.05, 0) is 41.0 Å². The first-order valence-electron chi connectivity index (χ1n) is 6.63. The van der Waals surface area contributed by atoms with Crippen molar-refractivity contribution in [2.45, 2.75) is 13.3 Å². The lowest BCUT2D eigenvalue weighted by Gasteiger charge is -2.01. The first kappa shape index (κ1) is 15.3. The number of thioether (sulfide) groups is 1. The summed E-state index contributed by atoms with van der Waals surface area (Å²) in [4.78, 5) is 21.7. The van der Waals surface area contributed by atoms with Crippen LogP contribution in [0.15, 0.2) is 42.5 Å². The molecule has 0 heterocycles. The van der Waals surface area contributed by atoms with E-state index in [1.165, 1.54) is 11.8 Å². The van der Waals surface area contributed by atoms with Crippen molar-refractivity contribution in [3.63, 3.8) is 0 Å². The lowest BCUT2D eigenvalue weighted by atomic mass is 10.0. The molecule has 0 saturated carbocycles. The van der Waals surface area contributed by atoms with Crippen molar-refractivity contribution >= 4 is 39.7 Å². The summed E-state index contributed by atoms with van der Waals surface area (Å²) in [5.74, 6) is -0.120. The van der Waals surface area contributed by atoms with Crippen LogP contribution in [0, 0.1) is 0 Å². The van der Waals surface area contributed by atoms with Crippen molar-refractivity contribution in [3.05, 3.63) is 53.6 Å². The fourth-order valence-electron chi connectivity index (χ4n) is 1.99. The van der Waals surface area contributed by atoms with Crippen LogP contribution in [0.5, 0.6) is 0 Å². The highest BCUT2D eigenvalue weighted by Gasteiger charge is 2.03. The summed E-state index contributed by atoms with van der Waals surface area (Å²) in [6.45, 7) is 1.57. The summed E-state index contributed by atoms with van der Waals surface area (Å²) in [5, 5.41) is 11.0. The van der Waals surface area contributed by atoms with Crippen molar-refractivity contribution < 1.29 is 14.7 Å². The number of fused-ring (bicyclic) bond motifs is 1. The third kappa shape index (κ3) is 4.46. The molecule has 0 aromatic heterocycles. The van der Waals surface area contributed by atoms with Crippen LogP contribution in [0.3, 0.4) is 0 Å². The molecule has 1 N–H and O–H groups in total. The molecule has 21 heavy (non-hydrogen) atoms. The molecule has 2 rings (SSSR count). The lowest BCUT2D eigenvalue weighted by Crippen LogP contribution is -1.95. The highest BCUT2D eigenvalue weighted by atomic mass is 32.2. The van der Waals surface area contributed by atoms with Crippen molar-refractivity contribution in [1.82, 2.24) is 0 Å². The molecule has 2 aromatic rings. The molecule has 0 saturated heterocycles. The van der Waals surface area contributed by atoms with Gasteiger partial charge >= 0.3 is 5.97 Å². The molecule has 2 aromatic carbocycles. The second-order valence-corrected chi connectivity index (χ2v) is 5.93. The Morgan fingerprint density at radius 2 is 1.86 bits per heavy atom. The molecule has 0 unspecified atom stereocenters. The molecule has 0 spiro atoms. The maximum Gasteiger partial charge on any atom is 0.335 e. The van der Waals surface area contributed by atoms with Crippen molar-refractivity contribution in [2.75, 3.05) is 5.75 Å². The minimum atomic E-state index is -0.913. The summed E-state index contributed by atoms with van der Waals surface area (Å²) >= 11 is 1.33. The Morgan fingerprint density at radius 3 is 2.57 bits per heavy atom. The topological polar surface area (TPSA) is 54.4 Å². The first-order valence-corrected chi connectivity index (χ1v) is 7.62. The summed E-state index contributed by atoms with van der Waals surface area (Å²) in [7, 11) is 0. The maximum atomic E-state index is 10.9. The highest BCUT2D eigenvalue weighted by molar-refractivity contribution is 8.13. The van der Waals surface area contributed by atoms with E-state index in [2.05, 4.69) is 0 Å². The fourth-order valence-corrected chi connectivity index (χ4v) is 2.53. The van der Waals surface area contributed by atoms with Crippen molar-refractivity contribution in [3.8, 4) is 0 Å². The summed E-state index contributed by atoms with van der Waals surface area (Å²) in [6.07, 6.45) is 4.91. The van der Waals surface area contributed by atoms with E-state index >= 15 is 0 Å². The van der Waals surface area contributed by atoms with E-state index in [-0.39, 0.29) is 5.12 Å². The Kier molecular flexibility index (Phi) is 5.17. The van der Waals surface area contributed by atoms with Crippen LogP contribution in [0.25, 0.3) is 16.8 Å². The molecule has 0 aliphatic carbocycles. The second-order valence-electron chi connectivity index (χ2n) is 4.66. The van der Waals surface area contributed by atoms with Gasteiger partial charge in [0.1, 0.15) is 0 Å². The first-order chi connectivity index (χ1) is 10.1. The number of rotatable bonds is 5. The van der Waals surface area contributed by atoms with Crippen LogP contribution in [-0.4, -0.2) is 21.9 Å². The van der Waals surface area contributed by atoms with E-state index in [4.69, 9.17) is 5.11 Å². The molecular weight excluding hydrogens is 284 g/mol. The number of carboxylic acid groups (broad SMARTS) is 1. The van der Waals surface area contributed by atoms with E-state index in [0.717, 1.165) is 28.5 Å². The third-order valence-electron chi connectivity index (χ3n) is 3.01. The number of hydrogen-bond acceptors (Lipinski definition) is 3. The Morgan fingerprint density at radius 1 is 1.14 bits per heavy atom. The zero-order valence-electron chi connectivity index (χ0n) is 11.7. The summed E-state index contributed by atoms with van der Waals surface area (Å²) in [6, 6.07) is 11.0. The van der Waals surface area contributed by atoms with Gasteiger partial charge in [0.2, 0.25) is 0 Å². The summed E-state index contributed by atoms with van der Waals surface area (Å²) in [5.41, 5.74) is 1.37. The standard InChI is InChI=1S/C17H16O3S/c1-12(18)21-9-3-2-4-13-5-6-15-11-16(17(19)20)8-7-14(15)10-13/h2,4-8,10-11H,3,9H2,1H3,(H,19,20). The van der Waals surface area contributed by atoms with Gasteiger partial charge in [-0.15, -0.1) is 0 Å². The smallest absolute Gasteiger partial charge is 0.335 e. The highest BCUT2D eigenvalue weighted by Crippen LogP contribution is 2.19. The van der Waals surface area contributed by atoms with Gasteiger partial charge in [0.05, 0.1) is 5.56 Å². The third-order valence-corrected chi connectivity index (χ3v) is 3.86. The normalized spacial score (nSPS) is 11.1. The molecule has 108 valence electrons. The quantitative estimate of drug-likeness (QED) is 0.840. The molecule has 0 amide bonds. The fraction of sp³-hybridized carbons (Fsp3) is 0.176. The van der Waals surface area contributed by atoms with Gasteiger partial charge in [0, 0.05) is 12.7 Å². The molecule has 0 atom stereocenters. The van der Waals surface area contributed by atoms with Gasteiger partial charge in [-0.2, -0.15) is 0 Å². The minimum Gasteiger partial charge on any atom is -0.478 e. The van der Waals surface area contributed by atoms with E-state index in [9.17, 15) is 9.59 Å². The predicted molar refractivity (Wildman–Crippen MR) is 87.7 cm³/mol. The Hall–Kier alpha value is -2.07. The monoisotopic (exact) mass is 300 g/mol. The number of carbonyl (C=O) groups is 2. The number of hydrogen-bond donors (Lipinski definition) is 1. The Labute approximate surface area is 127 Å². The van der Waals surface area contributed by atoms with Crippen molar-refractivity contribution in [1.29, 1.82) is 0 Å². The predicted octanol–water partition coefficient (Wildman–Crippen LogP) is 4.22. The van der Waals surface area contributed by atoms with Crippen LogP contribution >= 0.6 is 11.8 Å². The molecule has 0 fully saturated rings. The molecule has 0 aliphatic rings. The maximum absolute atomic E-state index is 10.9. The average Bonchev–Trinajstić information content (AvgIpc) is 2.45. The lowest BCUT2D eigenvalue weighted by molar-refractivity contribution is -0.109. The van der Waals surface area contributed by atoms with Crippen LogP contribution in [0.1, 0.15) is 29.3 Å². The Balaban J connectivity index is 2.08. The molecule has 0 bridgehead atoms. The SMILES string of the molecule is CC(=O)SCCC=Cc1ccc2cc(C(=O)O)ccc2c1. The van der Waals surface area contributed by atoms with Crippen LogP contribution < -0.4 is 0 Å². The molecule has 3 nitrogen and oxygen atoms in total.